The smallest absolute Gasteiger partial charge is 0.252 e. The maximum absolute atomic E-state index is 14.6. The molecule has 2 unspecified atom stereocenters. The van der Waals surface area contributed by atoms with Crippen LogP contribution in [0.2, 0.25) is 5.02 Å². The molecular weight excluding hydrogens is 568 g/mol. The van der Waals surface area contributed by atoms with Gasteiger partial charge in [0, 0.05) is 47.8 Å². The molecule has 1 saturated heterocycles. The van der Waals surface area contributed by atoms with Gasteiger partial charge in [-0.15, -0.1) is 0 Å². The van der Waals surface area contributed by atoms with E-state index in [1.165, 1.54) is 34.2 Å². The van der Waals surface area contributed by atoms with Crippen LogP contribution in [0.3, 0.4) is 0 Å². The van der Waals surface area contributed by atoms with Crippen molar-refractivity contribution in [3.05, 3.63) is 88.6 Å². The minimum atomic E-state index is -2.89. The van der Waals surface area contributed by atoms with Gasteiger partial charge >= 0.3 is 0 Å². The molecule has 2 heterocycles. The Morgan fingerprint density at radius 3 is 2.64 bits per heavy atom. The first-order valence-corrected chi connectivity index (χ1v) is 13.6. The molecule has 0 radical (unpaired) electrons. The average molecular weight is 594 g/mol. The molecule has 1 aromatic heterocycles. The van der Waals surface area contributed by atoms with Crippen LogP contribution in [0.25, 0.3) is 0 Å². The van der Waals surface area contributed by atoms with Gasteiger partial charge in [-0.2, -0.15) is 5.26 Å². The lowest BCUT2D eigenvalue weighted by Gasteiger charge is -2.39. The molecule has 2 aliphatic rings. The predicted octanol–water partition coefficient (Wildman–Crippen LogP) is 4.28. The lowest BCUT2D eigenvalue weighted by Crippen LogP contribution is -2.56. The van der Waals surface area contributed by atoms with Crippen molar-refractivity contribution in [1.29, 1.82) is 5.26 Å². The number of nitriles is 1. The van der Waals surface area contributed by atoms with Crippen molar-refractivity contribution >= 4 is 40.8 Å². The van der Waals surface area contributed by atoms with E-state index in [4.69, 9.17) is 11.6 Å². The van der Waals surface area contributed by atoms with Crippen molar-refractivity contribution in [3.8, 4) is 6.07 Å². The summed E-state index contributed by atoms with van der Waals surface area (Å²) in [6.45, 7) is -0.352. The van der Waals surface area contributed by atoms with E-state index >= 15 is 0 Å². The number of amides is 3. The van der Waals surface area contributed by atoms with Crippen LogP contribution in [0.5, 0.6) is 0 Å². The zero-order chi connectivity index (χ0) is 30.0. The van der Waals surface area contributed by atoms with E-state index in [2.05, 4.69) is 10.3 Å². The number of carbonyl (C=O) groups is 3. The van der Waals surface area contributed by atoms with E-state index in [9.17, 15) is 33.5 Å². The second kappa shape index (κ2) is 11.8. The average Bonchev–Trinajstić information content (AvgIpc) is 3.36. The SMILES string of the molecule is N#Cc1ccnc(N2C(=O)CCC2C(=O)N(c2cccc(CO)c2)C(C(=O)NC2CC(F)(F)C2)c2ccccc2Cl)c1. The molecule has 12 heteroatoms. The minimum absolute atomic E-state index is 0.0134. The third-order valence-electron chi connectivity index (χ3n) is 7.37. The number of nitrogens with one attached hydrogen (secondary N) is 1. The number of alkyl halides is 2. The summed E-state index contributed by atoms with van der Waals surface area (Å²) in [5.41, 5.74) is 1.16. The second-order valence-electron chi connectivity index (χ2n) is 10.3. The molecule has 1 aliphatic carbocycles. The third-order valence-corrected chi connectivity index (χ3v) is 7.71. The highest BCUT2D eigenvalue weighted by atomic mass is 35.5. The summed E-state index contributed by atoms with van der Waals surface area (Å²) < 4.78 is 27.3. The molecule has 42 heavy (non-hydrogen) atoms. The number of rotatable bonds is 8. The van der Waals surface area contributed by atoms with E-state index in [0.717, 1.165) is 0 Å². The summed E-state index contributed by atoms with van der Waals surface area (Å²) in [4.78, 5) is 48.1. The lowest BCUT2D eigenvalue weighted by atomic mass is 9.87. The Hall–Kier alpha value is -4.40. The van der Waals surface area contributed by atoms with Crippen molar-refractivity contribution < 1.29 is 28.3 Å². The maximum Gasteiger partial charge on any atom is 0.252 e. The van der Waals surface area contributed by atoms with Gasteiger partial charge in [0.25, 0.3) is 11.8 Å². The molecule has 5 rings (SSSR count). The number of nitrogens with zero attached hydrogens (tertiary/aromatic N) is 4. The largest absolute Gasteiger partial charge is 0.392 e. The minimum Gasteiger partial charge on any atom is -0.392 e. The molecule has 1 saturated carbocycles. The summed E-state index contributed by atoms with van der Waals surface area (Å²) in [5.74, 6) is -4.56. The van der Waals surface area contributed by atoms with E-state index < -0.39 is 54.6 Å². The van der Waals surface area contributed by atoms with Crippen LogP contribution in [-0.2, 0) is 21.0 Å². The topological polar surface area (TPSA) is 127 Å². The van der Waals surface area contributed by atoms with Gasteiger partial charge in [0.15, 0.2) is 0 Å². The van der Waals surface area contributed by atoms with Crippen LogP contribution < -0.4 is 15.1 Å². The number of aliphatic hydroxyl groups is 1. The third kappa shape index (κ3) is 5.82. The Labute approximate surface area is 245 Å². The number of carbonyl (C=O) groups excluding carboxylic acids is 3. The predicted molar refractivity (Wildman–Crippen MR) is 150 cm³/mol. The number of aliphatic hydroxyl groups excluding tert-OH is 1. The van der Waals surface area contributed by atoms with Crippen molar-refractivity contribution in [2.24, 2.45) is 0 Å². The van der Waals surface area contributed by atoms with E-state index in [0.29, 0.717) is 5.56 Å². The number of halogens is 3. The molecular formula is C30H26ClF2N5O4. The van der Waals surface area contributed by atoms with Gasteiger partial charge in [0.1, 0.15) is 17.9 Å². The van der Waals surface area contributed by atoms with E-state index in [-0.39, 0.29) is 47.1 Å². The molecule has 2 atom stereocenters. The second-order valence-corrected chi connectivity index (χ2v) is 10.7. The Morgan fingerprint density at radius 2 is 1.95 bits per heavy atom. The van der Waals surface area contributed by atoms with Crippen molar-refractivity contribution in [3.63, 3.8) is 0 Å². The van der Waals surface area contributed by atoms with Gasteiger partial charge < -0.3 is 10.4 Å². The number of benzene rings is 2. The molecule has 216 valence electrons. The molecule has 0 bridgehead atoms. The Balaban J connectivity index is 1.62. The number of aromatic nitrogens is 1. The Kier molecular flexibility index (Phi) is 8.20. The fourth-order valence-corrected chi connectivity index (χ4v) is 5.57. The van der Waals surface area contributed by atoms with Crippen LogP contribution in [-0.4, -0.2) is 45.8 Å². The number of hydrogen-bond donors (Lipinski definition) is 2. The number of pyridine rings is 1. The first-order chi connectivity index (χ1) is 20.1. The van der Waals surface area contributed by atoms with Gasteiger partial charge in [-0.1, -0.05) is 41.9 Å². The molecule has 0 spiro atoms. The van der Waals surface area contributed by atoms with Crippen molar-refractivity contribution in [1.82, 2.24) is 10.3 Å². The Morgan fingerprint density at radius 1 is 1.19 bits per heavy atom. The van der Waals surface area contributed by atoms with Crippen LogP contribution in [0.15, 0.2) is 66.9 Å². The van der Waals surface area contributed by atoms with Gasteiger partial charge in [0.2, 0.25) is 11.8 Å². The Bertz CT molecular complexity index is 1570. The highest BCUT2D eigenvalue weighted by molar-refractivity contribution is 6.31. The molecule has 2 N–H and O–H groups in total. The van der Waals surface area contributed by atoms with Crippen LogP contribution in [0.1, 0.15) is 48.4 Å². The van der Waals surface area contributed by atoms with Crippen LogP contribution in [0, 0.1) is 11.3 Å². The first kappa shape index (κ1) is 29.1. The van der Waals surface area contributed by atoms with Gasteiger partial charge in [-0.05, 0) is 42.3 Å². The number of hydrogen-bond acceptors (Lipinski definition) is 6. The van der Waals surface area contributed by atoms with Crippen LogP contribution in [0.4, 0.5) is 20.3 Å². The first-order valence-electron chi connectivity index (χ1n) is 13.3. The van der Waals surface area contributed by atoms with E-state index in [1.54, 1.807) is 42.5 Å². The summed E-state index contributed by atoms with van der Waals surface area (Å²) >= 11 is 6.55. The zero-order valence-corrected chi connectivity index (χ0v) is 23.0. The quantitative estimate of drug-likeness (QED) is 0.401. The molecule has 3 aromatic rings. The van der Waals surface area contributed by atoms with Crippen molar-refractivity contribution in [2.75, 3.05) is 9.80 Å². The zero-order valence-electron chi connectivity index (χ0n) is 22.2. The summed E-state index contributed by atoms with van der Waals surface area (Å²) in [5, 5.41) is 22.0. The molecule has 2 fully saturated rings. The fraction of sp³-hybridized carbons (Fsp3) is 0.300. The lowest BCUT2D eigenvalue weighted by molar-refractivity contribution is -0.133. The monoisotopic (exact) mass is 593 g/mol. The fourth-order valence-electron chi connectivity index (χ4n) is 5.33. The highest BCUT2D eigenvalue weighted by Crippen LogP contribution is 2.40. The van der Waals surface area contributed by atoms with E-state index in [1.807, 2.05) is 6.07 Å². The van der Waals surface area contributed by atoms with Gasteiger partial charge in [-0.25, -0.2) is 13.8 Å². The molecule has 3 amide bonds. The molecule has 2 aromatic carbocycles. The molecule has 9 nitrogen and oxygen atoms in total. The summed E-state index contributed by atoms with van der Waals surface area (Å²) in [6.07, 6.45) is 0.400. The molecule has 1 aliphatic heterocycles. The van der Waals surface area contributed by atoms with Gasteiger partial charge in [0.05, 0.1) is 18.2 Å². The summed E-state index contributed by atoms with van der Waals surface area (Å²) in [7, 11) is 0. The maximum atomic E-state index is 14.6. The summed E-state index contributed by atoms with van der Waals surface area (Å²) in [6, 6.07) is 14.3. The number of anilines is 2. The van der Waals surface area contributed by atoms with Gasteiger partial charge in [-0.3, -0.25) is 24.2 Å². The van der Waals surface area contributed by atoms with Crippen LogP contribution >= 0.6 is 11.6 Å². The standard InChI is InChI=1S/C30H26ClF2N5O4/c31-23-7-2-1-6-22(23)27(28(41)36-20-14-30(32,33)15-20)37(21-5-3-4-19(12-21)17-39)29(42)24-8-9-26(40)38(24)25-13-18(16-34)10-11-35-25/h1-7,10-13,20,24,27,39H,8-9,14-15,17H2,(H,36,41). The van der Waals surface area contributed by atoms with Crippen molar-refractivity contribution in [2.45, 2.75) is 56.3 Å². The normalized spacial score (nSPS) is 18.6. The highest BCUT2D eigenvalue weighted by Gasteiger charge is 2.48.